The number of halogens is 1. The zero-order valence-corrected chi connectivity index (χ0v) is 16.6. The number of benzene rings is 2. The molecule has 1 fully saturated rings. The average molecular weight is 408 g/mol. The normalized spacial score (nSPS) is 20.5. The van der Waals surface area contributed by atoms with Crippen LogP contribution in [-0.2, 0) is 14.6 Å². The zero-order valence-electron chi connectivity index (χ0n) is 15.0. The second kappa shape index (κ2) is 8.31. The molecule has 3 rings (SSSR count). The molecule has 27 heavy (non-hydrogen) atoms. The molecule has 1 aliphatic heterocycles. The van der Waals surface area contributed by atoms with Crippen molar-refractivity contribution >= 4 is 27.3 Å². The van der Waals surface area contributed by atoms with Crippen LogP contribution in [0, 0.1) is 0 Å². The van der Waals surface area contributed by atoms with Crippen molar-refractivity contribution in [2.75, 3.05) is 18.8 Å². The SMILES string of the molecule is C[C@@H](Oc1ccccc1)C(=O)N1CC[C@@H](c2ccccc2Cl)S(=O)(=O)CC1. The van der Waals surface area contributed by atoms with E-state index in [1.165, 1.54) is 0 Å². The van der Waals surface area contributed by atoms with Crippen molar-refractivity contribution < 1.29 is 17.9 Å². The molecule has 0 spiro atoms. The number of hydrogen-bond donors (Lipinski definition) is 0. The van der Waals surface area contributed by atoms with E-state index >= 15 is 0 Å². The summed E-state index contributed by atoms with van der Waals surface area (Å²) in [6.45, 7) is 2.18. The van der Waals surface area contributed by atoms with Gasteiger partial charge in [-0.25, -0.2) is 8.42 Å². The van der Waals surface area contributed by atoms with Crippen molar-refractivity contribution in [3.05, 3.63) is 65.2 Å². The van der Waals surface area contributed by atoms with Gasteiger partial charge >= 0.3 is 0 Å². The van der Waals surface area contributed by atoms with Gasteiger partial charge in [-0.3, -0.25) is 4.79 Å². The molecule has 1 aliphatic rings. The molecule has 5 nitrogen and oxygen atoms in total. The number of carbonyl (C=O) groups is 1. The average Bonchev–Trinajstić information content (AvgIpc) is 2.80. The van der Waals surface area contributed by atoms with E-state index < -0.39 is 21.2 Å². The van der Waals surface area contributed by atoms with E-state index in [2.05, 4.69) is 0 Å². The summed E-state index contributed by atoms with van der Waals surface area (Å²) in [5.41, 5.74) is 0.599. The molecule has 144 valence electrons. The van der Waals surface area contributed by atoms with Crippen molar-refractivity contribution in [3.63, 3.8) is 0 Å². The molecule has 2 aromatic carbocycles. The molecular formula is C20H22ClNO4S. The number of carbonyl (C=O) groups excluding carboxylic acids is 1. The first kappa shape index (κ1) is 19.7. The first-order valence-corrected chi connectivity index (χ1v) is 10.9. The largest absolute Gasteiger partial charge is 0.481 e. The molecule has 7 heteroatoms. The topological polar surface area (TPSA) is 63.7 Å². The van der Waals surface area contributed by atoms with Gasteiger partial charge in [0, 0.05) is 18.1 Å². The highest BCUT2D eigenvalue weighted by molar-refractivity contribution is 7.91. The molecule has 2 atom stereocenters. The third-order valence-corrected chi connectivity index (χ3v) is 7.16. The molecule has 0 radical (unpaired) electrons. The lowest BCUT2D eigenvalue weighted by Crippen LogP contribution is -2.41. The van der Waals surface area contributed by atoms with Crippen LogP contribution < -0.4 is 4.74 Å². The third kappa shape index (κ3) is 4.62. The molecule has 1 amide bonds. The molecule has 0 aromatic heterocycles. The van der Waals surface area contributed by atoms with E-state index in [0.29, 0.717) is 29.3 Å². The Bertz CT molecular complexity index is 901. The summed E-state index contributed by atoms with van der Waals surface area (Å²) in [4.78, 5) is 14.3. The van der Waals surface area contributed by atoms with E-state index in [-0.39, 0.29) is 18.2 Å². The first-order valence-electron chi connectivity index (χ1n) is 8.85. The summed E-state index contributed by atoms with van der Waals surface area (Å²) in [6, 6.07) is 16.1. The van der Waals surface area contributed by atoms with Crippen LogP contribution in [0.15, 0.2) is 54.6 Å². The first-order chi connectivity index (χ1) is 12.9. The number of nitrogens with zero attached hydrogens (tertiary/aromatic N) is 1. The Labute approximate surface area is 164 Å². The fourth-order valence-corrected chi connectivity index (χ4v) is 5.41. The maximum Gasteiger partial charge on any atom is 0.263 e. The van der Waals surface area contributed by atoms with Gasteiger partial charge in [-0.1, -0.05) is 48.0 Å². The molecule has 0 saturated carbocycles. The van der Waals surface area contributed by atoms with Crippen molar-refractivity contribution in [3.8, 4) is 5.75 Å². The fraction of sp³-hybridized carbons (Fsp3) is 0.350. The Morgan fingerprint density at radius 3 is 2.48 bits per heavy atom. The number of rotatable bonds is 4. The lowest BCUT2D eigenvalue weighted by Gasteiger charge is -2.24. The van der Waals surface area contributed by atoms with Crippen LogP contribution in [0.2, 0.25) is 5.02 Å². The quantitative estimate of drug-likeness (QED) is 0.778. The Balaban J connectivity index is 1.73. The van der Waals surface area contributed by atoms with Gasteiger partial charge in [0.05, 0.1) is 11.0 Å². The summed E-state index contributed by atoms with van der Waals surface area (Å²) < 4.78 is 31.2. The van der Waals surface area contributed by atoms with Crippen molar-refractivity contribution in [1.29, 1.82) is 0 Å². The number of ether oxygens (including phenoxy) is 1. The van der Waals surface area contributed by atoms with Gasteiger partial charge < -0.3 is 9.64 Å². The van der Waals surface area contributed by atoms with Crippen LogP contribution in [-0.4, -0.2) is 44.2 Å². The van der Waals surface area contributed by atoms with Gasteiger partial charge in [-0.15, -0.1) is 0 Å². The standard InChI is InChI=1S/C20H22ClNO4S/c1-15(26-16-7-3-2-4-8-16)20(23)22-12-11-19(27(24,25)14-13-22)17-9-5-6-10-18(17)21/h2-10,15,19H,11-14H2,1H3/t15-,19+/m1/s1. The summed E-state index contributed by atoms with van der Waals surface area (Å²) in [6.07, 6.45) is -0.373. The fourth-order valence-electron chi connectivity index (χ4n) is 3.26. The van der Waals surface area contributed by atoms with E-state index in [0.717, 1.165) is 0 Å². The van der Waals surface area contributed by atoms with Gasteiger partial charge in [-0.05, 0) is 37.1 Å². The lowest BCUT2D eigenvalue weighted by atomic mass is 10.1. The smallest absolute Gasteiger partial charge is 0.263 e. The Morgan fingerprint density at radius 1 is 1.11 bits per heavy atom. The molecule has 0 N–H and O–H groups in total. The lowest BCUT2D eigenvalue weighted by molar-refractivity contribution is -0.137. The highest BCUT2D eigenvalue weighted by atomic mass is 35.5. The molecule has 0 bridgehead atoms. The van der Waals surface area contributed by atoms with Crippen LogP contribution in [0.5, 0.6) is 5.75 Å². The highest BCUT2D eigenvalue weighted by Crippen LogP contribution is 2.34. The Morgan fingerprint density at radius 2 is 1.78 bits per heavy atom. The maximum atomic E-state index is 12.8. The molecule has 0 unspecified atom stereocenters. The summed E-state index contributed by atoms with van der Waals surface area (Å²) >= 11 is 6.21. The van der Waals surface area contributed by atoms with Crippen molar-refractivity contribution in [2.45, 2.75) is 24.7 Å². The Kier molecular flexibility index (Phi) is 6.07. The van der Waals surface area contributed by atoms with Gasteiger partial charge in [0.25, 0.3) is 5.91 Å². The predicted molar refractivity (Wildman–Crippen MR) is 106 cm³/mol. The molecule has 1 heterocycles. The van der Waals surface area contributed by atoms with Crippen LogP contribution in [0.3, 0.4) is 0 Å². The Hall–Kier alpha value is -2.05. The summed E-state index contributed by atoms with van der Waals surface area (Å²) in [5.74, 6) is 0.302. The molecule has 0 aliphatic carbocycles. The molecular weight excluding hydrogens is 386 g/mol. The van der Waals surface area contributed by atoms with Gasteiger partial charge in [0.2, 0.25) is 0 Å². The monoisotopic (exact) mass is 407 g/mol. The minimum atomic E-state index is -3.41. The number of para-hydroxylation sites is 1. The minimum Gasteiger partial charge on any atom is -0.481 e. The summed E-state index contributed by atoms with van der Waals surface area (Å²) in [7, 11) is -3.41. The zero-order chi connectivity index (χ0) is 19.4. The van der Waals surface area contributed by atoms with Gasteiger partial charge in [0.1, 0.15) is 5.75 Å². The number of hydrogen-bond acceptors (Lipinski definition) is 4. The van der Waals surface area contributed by atoms with Crippen LogP contribution in [0.4, 0.5) is 0 Å². The minimum absolute atomic E-state index is 0.0906. The predicted octanol–water partition coefficient (Wildman–Crippen LogP) is 3.50. The summed E-state index contributed by atoms with van der Waals surface area (Å²) in [5, 5.41) is -0.263. The molecule has 2 aromatic rings. The third-order valence-electron chi connectivity index (χ3n) is 4.71. The number of amides is 1. The van der Waals surface area contributed by atoms with Gasteiger partial charge in [-0.2, -0.15) is 0 Å². The van der Waals surface area contributed by atoms with E-state index in [4.69, 9.17) is 16.3 Å². The second-order valence-electron chi connectivity index (χ2n) is 6.56. The maximum absolute atomic E-state index is 12.8. The van der Waals surface area contributed by atoms with Gasteiger partial charge in [0.15, 0.2) is 15.9 Å². The van der Waals surface area contributed by atoms with Crippen molar-refractivity contribution in [1.82, 2.24) is 4.90 Å². The van der Waals surface area contributed by atoms with Crippen LogP contribution in [0.1, 0.15) is 24.2 Å². The van der Waals surface area contributed by atoms with Crippen LogP contribution >= 0.6 is 11.6 Å². The second-order valence-corrected chi connectivity index (χ2v) is 9.27. The number of sulfone groups is 1. The van der Waals surface area contributed by atoms with E-state index in [1.54, 1.807) is 48.2 Å². The molecule has 1 saturated heterocycles. The van der Waals surface area contributed by atoms with Crippen LogP contribution in [0.25, 0.3) is 0 Å². The highest BCUT2D eigenvalue weighted by Gasteiger charge is 2.35. The van der Waals surface area contributed by atoms with E-state index in [9.17, 15) is 13.2 Å². The van der Waals surface area contributed by atoms with E-state index in [1.807, 2.05) is 18.2 Å². The van der Waals surface area contributed by atoms with Crippen molar-refractivity contribution in [2.24, 2.45) is 0 Å².